The summed E-state index contributed by atoms with van der Waals surface area (Å²) in [5, 5.41) is 7.58. The molecule has 2 rings (SSSR count). The van der Waals surface area contributed by atoms with Crippen LogP contribution in [0, 0.1) is 6.92 Å². The zero-order chi connectivity index (χ0) is 13.1. The summed E-state index contributed by atoms with van der Waals surface area (Å²) in [6, 6.07) is 5.60. The molecular weight excluding hydrogens is 230 g/mol. The first-order valence-corrected chi connectivity index (χ1v) is 5.47. The third kappa shape index (κ3) is 2.07. The van der Waals surface area contributed by atoms with Crippen LogP contribution in [0.25, 0.3) is 11.1 Å². The molecule has 0 spiro atoms. The highest BCUT2D eigenvalue weighted by molar-refractivity contribution is 5.79. The van der Waals surface area contributed by atoms with Gasteiger partial charge in [0, 0.05) is 11.1 Å². The Morgan fingerprint density at radius 3 is 2.39 bits per heavy atom. The van der Waals surface area contributed by atoms with E-state index in [0.717, 1.165) is 28.2 Å². The first kappa shape index (κ1) is 12.2. The predicted molar refractivity (Wildman–Crippen MR) is 69.7 cm³/mol. The van der Waals surface area contributed by atoms with Crippen LogP contribution in [0.4, 0.5) is 5.82 Å². The van der Waals surface area contributed by atoms with Crippen molar-refractivity contribution in [1.82, 2.24) is 10.2 Å². The van der Waals surface area contributed by atoms with Gasteiger partial charge in [0.2, 0.25) is 0 Å². The molecule has 0 atom stereocenters. The number of ether oxygens (including phenoxy) is 2. The number of rotatable bonds is 3. The lowest BCUT2D eigenvalue weighted by molar-refractivity contribution is 0.402. The second-order valence-corrected chi connectivity index (χ2v) is 3.85. The lowest BCUT2D eigenvalue weighted by atomic mass is 10.0. The molecule has 5 nitrogen and oxygen atoms in total. The number of aromatic nitrogens is 2. The summed E-state index contributed by atoms with van der Waals surface area (Å²) in [7, 11) is 3.25. The molecule has 1 heterocycles. The van der Waals surface area contributed by atoms with Gasteiger partial charge in [-0.25, -0.2) is 0 Å². The summed E-state index contributed by atoms with van der Waals surface area (Å²) in [5.74, 6) is 1.87. The molecule has 2 aromatic rings. The Kier molecular flexibility index (Phi) is 3.32. The Morgan fingerprint density at radius 2 is 1.78 bits per heavy atom. The monoisotopic (exact) mass is 245 g/mol. The molecule has 94 valence electrons. The highest BCUT2D eigenvalue weighted by atomic mass is 16.5. The highest BCUT2D eigenvalue weighted by Gasteiger charge is 2.13. The standard InChI is InChI=1S/C13H15N3O2/c1-8-6-12(18-3)10(7-11(8)17-2)9-4-5-15-16-13(9)14/h4-7H,1-3H3,(H2,14,16). The second kappa shape index (κ2) is 4.91. The minimum Gasteiger partial charge on any atom is -0.496 e. The first-order valence-electron chi connectivity index (χ1n) is 5.47. The number of aryl methyl sites for hydroxylation is 1. The van der Waals surface area contributed by atoms with E-state index in [1.54, 1.807) is 26.5 Å². The largest absolute Gasteiger partial charge is 0.496 e. The quantitative estimate of drug-likeness (QED) is 0.896. The van der Waals surface area contributed by atoms with E-state index in [-0.39, 0.29) is 0 Å². The van der Waals surface area contributed by atoms with Crippen LogP contribution in [-0.4, -0.2) is 24.4 Å². The van der Waals surface area contributed by atoms with Crippen LogP contribution in [-0.2, 0) is 0 Å². The fourth-order valence-corrected chi connectivity index (χ4v) is 1.83. The maximum absolute atomic E-state index is 5.84. The molecule has 0 bridgehead atoms. The molecule has 1 aromatic carbocycles. The van der Waals surface area contributed by atoms with Gasteiger partial charge in [-0.15, -0.1) is 5.10 Å². The molecule has 1 aromatic heterocycles. The lowest BCUT2D eigenvalue weighted by Gasteiger charge is -2.13. The van der Waals surface area contributed by atoms with Crippen LogP contribution in [0.1, 0.15) is 5.56 Å². The zero-order valence-corrected chi connectivity index (χ0v) is 10.6. The van der Waals surface area contributed by atoms with E-state index in [4.69, 9.17) is 15.2 Å². The molecule has 0 aliphatic carbocycles. The SMILES string of the molecule is COc1cc(-c2ccnnc2N)c(OC)cc1C. The maximum atomic E-state index is 5.84. The van der Waals surface area contributed by atoms with Crippen molar-refractivity contribution < 1.29 is 9.47 Å². The number of anilines is 1. The van der Waals surface area contributed by atoms with E-state index in [2.05, 4.69) is 10.2 Å². The Bertz CT molecular complexity index is 570. The van der Waals surface area contributed by atoms with E-state index in [1.807, 2.05) is 19.1 Å². The zero-order valence-electron chi connectivity index (χ0n) is 10.6. The highest BCUT2D eigenvalue weighted by Crippen LogP contribution is 2.37. The number of nitrogens with zero attached hydrogens (tertiary/aromatic N) is 2. The van der Waals surface area contributed by atoms with Crippen LogP contribution < -0.4 is 15.2 Å². The molecule has 5 heteroatoms. The van der Waals surface area contributed by atoms with Crippen molar-refractivity contribution in [3.63, 3.8) is 0 Å². The van der Waals surface area contributed by atoms with Gasteiger partial charge in [-0.2, -0.15) is 5.10 Å². The molecule has 0 fully saturated rings. The number of benzene rings is 1. The minimum atomic E-state index is 0.363. The van der Waals surface area contributed by atoms with Crippen LogP contribution in [0.15, 0.2) is 24.4 Å². The van der Waals surface area contributed by atoms with Crippen molar-refractivity contribution in [1.29, 1.82) is 0 Å². The molecule has 2 N–H and O–H groups in total. The van der Waals surface area contributed by atoms with E-state index < -0.39 is 0 Å². The number of nitrogen functional groups attached to an aromatic ring is 1. The van der Waals surface area contributed by atoms with Crippen molar-refractivity contribution in [2.24, 2.45) is 0 Å². The Balaban J connectivity index is 2.66. The van der Waals surface area contributed by atoms with Crippen LogP contribution >= 0.6 is 0 Å². The smallest absolute Gasteiger partial charge is 0.154 e. The third-order valence-electron chi connectivity index (χ3n) is 2.76. The van der Waals surface area contributed by atoms with Crippen molar-refractivity contribution >= 4 is 5.82 Å². The van der Waals surface area contributed by atoms with Gasteiger partial charge in [0.1, 0.15) is 11.5 Å². The summed E-state index contributed by atoms with van der Waals surface area (Å²) >= 11 is 0. The van der Waals surface area contributed by atoms with Crippen molar-refractivity contribution in [3.05, 3.63) is 30.0 Å². The fraction of sp³-hybridized carbons (Fsp3) is 0.231. The van der Waals surface area contributed by atoms with Crippen LogP contribution in [0.2, 0.25) is 0 Å². The normalized spacial score (nSPS) is 10.2. The Hall–Kier alpha value is -2.30. The summed E-state index contributed by atoms with van der Waals surface area (Å²) < 4.78 is 10.7. The van der Waals surface area contributed by atoms with E-state index in [9.17, 15) is 0 Å². The van der Waals surface area contributed by atoms with Gasteiger partial charge in [0.25, 0.3) is 0 Å². The Morgan fingerprint density at radius 1 is 1.06 bits per heavy atom. The molecule has 0 aliphatic rings. The van der Waals surface area contributed by atoms with Crippen molar-refractivity contribution in [2.45, 2.75) is 6.92 Å². The minimum absolute atomic E-state index is 0.363. The average Bonchev–Trinajstić information content (AvgIpc) is 2.39. The van der Waals surface area contributed by atoms with Gasteiger partial charge in [-0.1, -0.05) is 0 Å². The second-order valence-electron chi connectivity index (χ2n) is 3.85. The molecular formula is C13H15N3O2. The van der Waals surface area contributed by atoms with E-state index in [1.165, 1.54) is 0 Å². The van der Waals surface area contributed by atoms with Gasteiger partial charge in [-0.05, 0) is 30.7 Å². The predicted octanol–water partition coefficient (Wildman–Crippen LogP) is 2.05. The average molecular weight is 245 g/mol. The van der Waals surface area contributed by atoms with Crippen molar-refractivity contribution in [3.8, 4) is 22.6 Å². The summed E-state index contributed by atoms with van der Waals surface area (Å²) in [6.45, 7) is 1.96. The number of nitrogens with two attached hydrogens (primary N) is 1. The molecule has 0 saturated carbocycles. The van der Waals surface area contributed by atoms with Gasteiger partial charge < -0.3 is 15.2 Å². The number of hydrogen-bond donors (Lipinski definition) is 1. The van der Waals surface area contributed by atoms with Gasteiger partial charge in [0.05, 0.1) is 20.4 Å². The van der Waals surface area contributed by atoms with E-state index in [0.29, 0.717) is 5.82 Å². The van der Waals surface area contributed by atoms with Crippen LogP contribution in [0.5, 0.6) is 11.5 Å². The van der Waals surface area contributed by atoms with E-state index >= 15 is 0 Å². The Labute approximate surface area is 106 Å². The molecule has 0 saturated heterocycles. The van der Waals surface area contributed by atoms with Gasteiger partial charge >= 0.3 is 0 Å². The molecule has 0 aliphatic heterocycles. The summed E-state index contributed by atoms with van der Waals surface area (Å²) in [4.78, 5) is 0. The summed E-state index contributed by atoms with van der Waals surface area (Å²) in [5.41, 5.74) is 8.45. The number of methoxy groups -OCH3 is 2. The van der Waals surface area contributed by atoms with Crippen molar-refractivity contribution in [2.75, 3.05) is 20.0 Å². The molecule has 0 unspecified atom stereocenters. The first-order chi connectivity index (χ1) is 8.67. The maximum Gasteiger partial charge on any atom is 0.154 e. The fourth-order valence-electron chi connectivity index (χ4n) is 1.83. The van der Waals surface area contributed by atoms with Gasteiger partial charge in [0.15, 0.2) is 5.82 Å². The topological polar surface area (TPSA) is 70.3 Å². The molecule has 18 heavy (non-hydrogen) atoms. The summed E-state index contributed by atoms with van der Waals surface area (Å²) in [6.07, 6.45) is 1.59. The third-order valence-corrected chi connectivity index (χ3v) is 2.76. The van der Waals surface area contributed by atoms with Gasteiger partial charge in [-0.3, -0.25) is 0 Å². The number of hydrogen-bond acceptors (Lipinski definition) is 5. The molecule has 0 radical (unpaired) electrons. The molecule has 0 amide bonds. The lowest BCUT2D eigenvalue weighted by Crippen LogP contribution is -1.98. The van der Waals surface area contributed by atoms with Crippen LogP contribution in [0.3, 0.4) is 0 Å².